The van der Waals surface area contributed by atoms with Gasteiger partial charge in [0.25, 0.3) is 0 Å². The highest BCUT2D eigenvalue weighted by Crippen LogP contribution is 2.13. The highest BCUT2D eigenvalue weighted by molar-refractivity contribution is 5.75. The molecule has 0 aliphatic rings. The van der Waals surface area contributed by atoms with Gasteiger partial charge in [-0.2, -0.15) is 0 Å². The lowest BCUT2D eigenvalue weighted by atomic mass is 9.96. The van der Waals surface area contributed by atoms with E-state index in [1.165, 1.54) is 14.0 Å². The average molecular weight is 220 g/mol. The van der Waals surface area contributed by atoms with Crippen molar-refractivity contribution in [2.24, 2.45) is 5.92 Å². The number of esters is 2. The van der Waals surface area contributed by atoms with E-state index in [0.717, 1.165) is 7.11 Å². The third-order valence-corrected chi connectivity index (χ3v) is 2.07. The molecule has 0 saturated carbocycles. The molecule has 0 fully saturated rings. The maximum Gasteiger partial charge on any atom is 0.337 e. The van der Waals surface area contributed by atoms with Crippen LogP contribution < -0.4 is 0 Å². The smallest absolute Gasteiger partial charge is 0.337 e. The van der Waals surface area contributed by atoms with E-state index in [1.807, 2.05) is 0 Å². The molecule has 0 bridgehead atoms. The Bertz CT molecular complexity index is 227. The van der Waals surface area contributed by atoms with Gasteiger partial charge in [-0.25, -0.2) is 4.79 Å². The molecule has 0 heterocycles. The molecule has 3 unspecified atom stereocenters. The molecule has 0 aliphatic carbocycles. The summed E-state index contributed by atoms with van der Waals surface area (Å²) in [6.07, 6.45) is -3.07. The van der Waals surface area contributed by atoms with Crippen LogP contribution in [0.5, 0.6) is 0 Å². The maximum atomic E-state index is 10.9. The van der Waals surface area contributed by atoms with Crippen LogP contribution >= 0.6 is 0 Å². The molecule has 0 aliphatic heterocycles. The number of carbonyl (C=O) groups is 2. The number of rotatable bonds is 5. The van der Waals surface area contributed by atoms with Gasteiger partial charge in [0.2, 0.25) is 0 Å². The van der Waals surface area contributed by atoms with Crippen molar-refractivity contribution in [3.05, 3.63) is 0 Å². The van der Waals surface area contributed by atoms with E-state index < -0.39 is 30.1 Å². The van der Waals surface area contributed by atoms with E-state index in [-0.39, 0.29) is 6.42 Å². The fourth-order valence-electron chi connectivity index (χ4n) is 1.04. The molecule has 0 spiro atoms. The van der Waals surface area contributed by atoms with E-state index in [2.05, 4.69) is 9.47 Å². The fourth-order valence-corrected chi connectivity index (χ4v) is 1.04. The number of methoxy groups -OCH3 is 2. The number of ether oxygens (including phenoxy) is 2. The number of hydrogen-bond acceptors (Lipinski definition) is 6. The quantitative estimate of drug-likeness (QED) is 0.582. The highest BCUT2D eigenvalue weighted by atomic mass is 16.5. The summed E-state index contributed by atoms with van der Waals surface area (Å²) in [7, 11) is 2.32. The van der Waals surface area contributed by atoms with Gasteiger partial charge in [-0.05, 0) is 5.92 Å². The average Bonchev–Trinajstić information content (AvgIpc) is 2.25. The van der Waals surface area contributed by atoms with Gasteiger partial charge in [-0.1, -0.05) is 6.92 Å². The number of aliphatic hydroxyl groups excluding tert-OH is 2. The zero-order chi connectivity index (χ0) is 12.0. The van der Waals surface area contributed by atoms with Crippen LogP contribution in [0.25, 0.3) is 0 Å². The molecule has 88 valence electrons. The summed E-state index contributed by atoms with van der Waals surface area (Å²) in [5, 5.41) is 18.7. The Hall–Kier alpha value is -1.14. The lowest BCUT2D eigenvalue weighted by molar-refractivity contribution is -0.160. The molecule has 0 radical (unpaired) electrons. The second-order valence-corrected chi connectivity index (χ2v) is 3.22. The van der Waals surface area contributed by atoms with Crippen LogP contribution in [-0.2, 0) is 19.1 Å². The lowest BCUT2D eigenvalue weighted by Crippen LogP contribution is -2.39. The van der Waals surface area contributed by atoms with Crippen molar-refractivity contribution in [2.45, 2.75) is 25.6 Å². The first-order valence-electron chi connectivity index (χ1n) is 4.44. The Balaban J connectivity index is 4.24. The second kappa shape index (κ2) is 6.36. The molecule has 15 heavy (non-hydrogen) atoms. The number of carbonyl (C=O) groups excluding carboxylic acids is 2. The van der Waals surface area contributed by atoms with Gasteiger partial charge in [0.05, 0.1) is 26.7 Å². The van der Waals surface area contributed by atoms with Crippen LogP contribution in [0.1, 0.15) is 13.3 Å². The van der Waals surface area contributed by atoms with Crippen LogP contribution in [-0.4, -0.2) is 48.6 Å². The summed E-state index contributed by atoms with van der Waals surface area (Å²) in [5.74, 6) is -2.04. The van der Waals surface area contributed by atoms with Crippen molar-refractivity contribution in [3.8, 4) is 0 Å². The largest absolute Gasteiger partial charge is 0.469 e. The molecule has 0 aromatic rings. The third-order valence-electron chi connectivity index (χ3n) is 2.07. The summed E-state index contributed by atoms with van der Waals surface area (Å²) < 4.78 is 8.64. The Morgan fingerprint density at radius 1 is 1.20 bits per heavy atom. The van der Waals surface area contributed by atoms with Gasteiger partial charge in [0, 0.05) is 0 Å². The molecule has 0 saturated heterocycles. The molecule has 0 rings (SSSR count). The van der Waals surface area contributed by atoms with Crippen LogP contribution in [0.2, 0.25) is 0 Å². The molecule has 2 N–H and O–H groups in total. The minimum Gasteiger partial charge on any atom is -0.469 e. The van der Waals surface area contributed by atoms with Gasteiger partial charge >= 0.3 is 11.9 Å². The molecule has 0 aromatic heterocycles. The van der Waals surface area contributed by atoms with Crippen LogP contribution in [0.4, 0.5) is 0 Å². The second-order valence-electron chi connectivity index (χ2n) is 3.22. The molecule has 0 aromatic carbocycles. The molecular weight excluding hydrogens is 204 g/mol. The first-order valence-corrected chi connectivity index (χ1v) is 4.44. The van der Waals surface area contributed by atoms with Gasteiger partial charge < -0.3 is 19.7 Å². The first kappa shape index (κ1) is 13.9. The van der Waals surface area contributed by atoms with E-state index in [1.54, 1.807) is 0 Å². The molecule has 0 amide bonds. The summed E-state index contributed by atoms with van der Waals surface area (Å²) in [6, 6.07) is 0. The zero-order valence-corrected chi connectivity index (χ0v) is 8.97. The fraction of sp³-hybridized carbons (Fsp3) is 0.778. The molecular formula is C9H16O6. The van der Waals surface area contributed by atoms with E-state index in [0.29, 0.717) is 0 Å². The lowest BCUT2D eigenvalue weighted by Gasteiger charge is -2.21. The Kier molecular flexibility index (Phi) is 5.88. The van der Waals surface area contributed by atoms with Crippen molar-refractivity contribution in [1.29, 1.82) is 0 Å². The summed E-state index contributed by atoms with van der Waals surface area (Å²) >= 11 is 0. The van der Waals surface area contributed by atoms with Crippen molar-refractivity contribution >= 4 is 11.9 Å². The van der Waals surface area contributed by atoms with Gasteiger partial charge in [-0.3, -0.25) is 4.79 Å². The number of hydrogen-bond donors (Lipinski definition) is 2. The van der Waals surface area contributed by atoms with E-state index >= 15 is 0 Å². The zero-order valence-electron chi connectivity index (χ0n) is 8.97. The van der Waals surface area contributed by atoms with Gasteiger partial charge in [0.15, 0.2) is 6.10 Å². The Morgan fingerprint density at radius 2 is 1.73 bits per heavy atom. The van der Waals surface area contributed by atoms with E-state index in [4.69, 9.17) is 0 Å². The predicted molar refractivity (Wildman–Crippen MR) is 49.8 cm³/mol. The van der Waals surface area contributed by atoms with E-state index in [9.17, 15) is 19.8 Å². The van der Waals surface area contributed by atoms with Crippen molar-refractivity contribution < 1.29 is 29.3 Å². The standard InChI is InChI=1S/C9H16O6/c1-5(4-6(10)14-2)7(11)8(12)9(13)15-3/h5,7-8,11-12H,4H2,1-3H3. The number of aliphatic hydroxyl groups is 2. The monoisotopic (exact) mass is 220 g/mol. The molecule has 3 atom stereocenters. The highest BCUT2D eigenvalue weighted by Gasteiger charge is 2.30. The normalized spacial score (nSPS) is 16.3. The van der Waals surface area contributed by atoms with Gasteiger partial charge in [0.1, 0.15) is 0 Å². The SMILES string of the molecule is COC(=O)CC(C)C(O)C(O)C(=O)OC. The van der Waals surface area contributed by atoms with Gasteiger partial charge in [-0.15, -0.1) is 0 Å². The summed E-state index contributed by atoms with van der Waals surface area (Å²) in [6.45, 7) is 1.52. The maximum absolute atomic E-state index is 10.9. The minimum absolute atomic E-state index is 0.0777. The molecule has 6 heteroatoms. The van der Waals surface area contributed by atoms with Crippen LogP contribution in [0, 0.1) is 5.92 Å². The van der Waals surface area contributed by atoms with Crippen molar-refractivity contribution in [2.75, 3.05) is 14.2 Å². The predicted octanol–water partition coefficient (Wildman–Crippen LogP) is -0.920. The van der Waals surface area contributed by atoms with Crippen molar-refractivity contribution in [1.82, 2.24) is 0 Å². The van der Waals surface area contributed by atoms with Crippen LogP contribution in [0.15, 0.2) is 0 Å². The van der Waals surface area contributed by atoms with Crippen molar-refractivity contribution in [3.63, 3.8) is 0 Å². The summed E-state index contributed by atoms with van der Waals surface area (Å²) in [4.78, 5) is 21.7. The summed E-state index contributed by atoms with van der Waals surface area (Å²) in [5.41, 5.74) is 0. The minimum atomic E-state index is -1.64. The topological polar surface area (TPSA) is 93.1 Å². The Labute approximate surface area is 87.8 Å². The first-order chi connectivity index (χ1) is 6.93. The third kappa shape index (κ3) is 4.26. The van der Waals surface area contributed by atoms with Crippen LogP contribution in [0.3, 0.4) is 0 Å². The Morgan fingerprint density at radius 3 is 2.13 bits per heavy atom. The molecule has 6 nitrogen and oxygen atoms in total.